The lowest BCUT2D eigenvalue weighted by atomic mass is 9.78. The number of carbonyl (C=O) groups excluding carboxylic acids is 2. The van der Waals surface area contributed by atoms with Crippen LogP contribution in [0.3, 0.4) is 0 Å². The number of piperidine rings is 1. The van der Waals surface area contributed by atoms with E-state index in [1.807, 2.05) is 39.0 Å². The molecule has 0 bridgehead atoms. The molecule has 2 amide bonds. The first-order chi connectivity index (χ1) is 19.2. The van der Waals surface area contributed by atoms with Crippen LogP contribution < -0.4 is 15.4 Å². The van der Waals surface area contributed by atoms with Gasteiger partial charge in [0.2, 0.25) is 5.88 Å². The number of carbonyl (C=O) groups is 2. The highest BCUT2D eigenvalue weighted by molar-refractivity contribution is 5.99. The molecule has 1 aliphatic heterocycles. The van der Waals surface area contributed by atoms with Gasteiger partial charge < -0.3 is 14.6 Å². The number of nitrogens with one attached hydrogen (secondary N) is 2. The van der Waals surface area contributed by atoms with Crippen molar-refractivity contribution in [2.45, 2.75) is 97.2 Å². The predicted octanol–water partition coefficient (Wildman–Crippen LogP) is 6.86. The number of anilines is 2. The minimum atomic E-state index is -0.444. The number of rotatable bonds is 8. The Labute approximate surface area is 243 Å². The standard InChI is InChI=1S/C32H43N5O4/c1-9-37-31(5,6)18-24(19-32(37,7)8)40-23-14-15-25(33-20-23)26(38)16-21-10-12-22(13-11-21)34-29(39)35-28-17-27(36-41-28)30(2,3)4/h10-15,17,20,24H,9,16,18-19H2,1-8H3,(H2,34,35,39). The van der Waals surface area contributed by atoms with Crippen molar-refractivity contribution in [3.63, 3.8) is 0 Å². The second-order valence-corrected chi connectivity index (χ2v) is 13.1. The molecule has 9 nitrogen and oxygen atoms in total. The largest absolute Gasteiger partial charge is 0.489 e. The predicted molar refractivity (Wildman–Crippen MR) is 161 cm³/mol. The van der Waals surface area contributed by atoms with Crippen molar-refractivity contribution >= 4 is 23.4 Å². The van der Waals surface area contributed by atoms with Gasteiger partial charge in [0.1, 0.15) is 17.5 Å². The van der Waals surface area contributed by atoms with Gasteiger partial charge in [0.15, 0.2) is 5.78 Å². The fourth-order valence-corrected chi connectivity index (χ4v) is 5.92. The smallest absolute Gasteiger partial charge is 0.326 e. The zero-order valence-electron chi connectivity index (χ0n) is 25.5. The van der Waals surface area contributed by atoms with E-state index in [0.29, 0.717) is 17.1 Å². The van der Waals surface area contributed by atoms with Gasteiger partial charge in [0.05, 0.1) is 11.9 Å². The highest BCUT2D eigenvalue weighted by Crippen LogP contribution is 2.39. The highest BCUT2D eigenvalue weighted by Gasteiger charge is 2.45. The van der Waals surface area contributed by atoms with Crippen LogP contribution in [-0.2, 0) is 11.8 Å². The van der Waals surface area contributed by atoms with Gasteiger partial charge in [-0.2, -0.15) is 0 Å². The van der Waals surface area contributed by atoms with E-state index in [1.165, 1.54) is 0 Å². The van der Waals surface area contributed by atoms with E-state index in [9.17, 15) is 9.59 Å². The summed E-state index contributed by atoms with van der Waals surface area (Å²) in [6, 6.07) is 11.9. The fourth-order valence-electron chi connectivity index (χ4n) is 5.92. The molecule has 1 aliphatic rings. The number of urea groups is 1. The normalized spacial score (nSPS) is 17.2. The minimum absolute atomic E-state index is 0.0342. The third-order valence-electron chi connectivity index (χ3n) is 7.65. The highest BCUT2D eigenvalue weighted by atomic mass is 16.5. The van der Waals surface area contributed by atoms with Crippen LogP contribution in [0.1, 0.15) is 90.0 Å². The number of pyridine rings is 1. The molecule has 2 aromatic heterocycles. The van der Waals surface area contributed by atoms with Crippen LogP contribution in [0.25, 0.3) is 0 Å². The molecule has 4 rings (SSSR count). The maximum absolute atomic E-state index is 12.9. The van der Waals surface area contributed by atoms with Gasteiger partial charge >= 0.3 is 6.03 Å². The summed E-state index contributed by atoms with van der Waals surface area (Å²) < 4.78 is 11.5. The van der Waals surface area contributed by atoms with E-state index in [4.69, 9.17) is 9.26 Å². The molecule has 0 spiro atoms. The molecular formula is C32H43N5O4. The molecule has 1 saturated heterocycles. The third kappa shape index (κ3) is 7.52. The molecule has 1 aromatic carbocycles. The van der Waals surface area contributed by atoms with Gasteiger partial charge in [-0.1, -0.05) is 45.0 Å². The van der Waals surface area contributed by atoms with Gasteiger partial charge in [-0.25, -0.2) is 9.78 Å². The van der Waals surface area contributed by atoms with Gasteiger partial charge in [-0.05, 0) is 64.1 Å². The maximum atomic E-state index is 12.9. The minimum Gasteiger partial charge on any atom is -0.489 e. The Balaban J connectivity index is 1.29. The molecule has 2 N–H and O–H groups in total. The van der Waals surface area contributed by atoms with Crippen LogP contribution >= 0.6 is 0 Å². The van der Waals surface area contributed by atoms with Gasteiger partial charge in [0, 0.05) is 47.5 Å². The monoisotopic (exact) mass is 561 g/mol. The Morgan fingerprint density at radius 3 is 2.22 bits per heavy atom. The molecule has 0 unspecified atom stereocenters. The summed E-state index contributed by atoms with van der Waals surface area (Å²) in [7, 11) is 0. The number of amides is 2. The summed E-state index contributed by atoms with van der Waals surface area (Å²) in [5.41, 5.74) is 2.44. The topological polar surface area (TPSA) is 110 Å². The molecule has 9 heteroatoms. The lowest BCUT2D eigenvalue weighted by Crippen LogP contribution is -2.62. The van der Waals surface area contributed by atoms with Crippen LogP contribution in [-0.4, -0.2) is 50.6 Å². The van der Waals surface area contributed by atoms with Gasteiger partial charge in [-0.3, -0.25) is 15.0 Å². The lowest BCUT2D eigenvalue weighted by molar-refractivity contribution is -0.0697. The van der Waals surface area contributed by atoms with Crippen molar-refractivity contribution in [1.82, 2.24) is 15.0 Å². The van der Waals surface area contributed by atoms with E-state index < -0.39 is 6.03 Å². The first kappa shape index (κ1) is 30.2. The van der Waals surface area contributed by atoms with E-state index in [0.717, 1.165) is 30.6 Å². The Morgan fingerprint density at radius 1 is 1.02 bits per heavy atom. The number of ketones is 1. The van der Waals surface area contributed by atoms with Crippen LogP contribution in [0.2, 0.25) is 0 Å². The second kappa shape index (κ2) is 11.6. The zero-order chi connectivity index (χ0) is 30.0. The first-order valence-corrected chi connectivity index (χ1v) is 14.2. The molecule has 0 atom stereocenters. The molecule has 3 aromatic rings. The van der Waals surface area contributed by atoms with Crippen molar-refractivity contribution in [3.05, 3.63) is 65.6 Å². The average molecular weight is 562 g/mol. The van der Waals surface area contributed by atoms with Gasteiger partial charge in [0.25, 0.3) is 0 Å². The Bertz CT molecular complexity index is 1340. The number of Topliss-reactive ketones (excluding diaryl/α,β-unsaturated/α-hetero) is 1. The second-order valence-electron chi connectivity index (χ2n) is 13.1. The number of likely N-dealkylation sites (tertiary alicyclic amines) is 1. The summed E-state index contributed by atoms with van der Waals surface area (Å²) >= 11 is 0. The number of aromatic nitrogens is 2. The van der Waals surface area contributed by atoms with Crippen molar-refractivity contribution in [1.29, 1.82) is 0 Å². The Hall–Kier alpha value is -3.72. The average Bonchev–Trinajstić information content (AvgIpc) is 3.33. The molecule has 41 heavy (non-hydrogen) atoms. The van der Waals surface area contributed by atoms with E-state index in [1.54, 1.807) is 30.5 Å². The maximum Gasteiger partial charge on any atom is 0.326 e. The van der Waals surface area contributed by atoms with E-state index in [-0.39, 0.29) is 40.7 Å². The SMILES string of the molecule is CCN1C(C)(C)CC(Oc2ccc(C(=O)Cc3ccc(NC(=O)Nc4cc(C(C)(C)C)no4)cc3)nc2)CC1(C)C. The van der Waals surface area contributed by atoms with Gasteiger partial charge in [-0.15, -0.1) is 0 Å². The van der Waals surface area contributed by atoms with Crippen molar-refractivity contribution < 1.29 is 18.8 Å². The quantitative estimate of drug-likeness (QED) is 0.289. The summed E-state index contributed by atoms with van der Waals surface area (Å²) in [4.78, 5) is 32.2. The van der Waals surface area contributed by atoms with E-state index >= 15 is 0 Å². The molecular weight excluding hydrogens is 518 g/mol. The number of benzene rings is 1. The first-order valence-electron chi connectivity index (χ1n) is 14.2. The summed E-state index contributed by atoms with van der Waals surface area (Å²) in [5, 5.41) is 9.39. The zero-order valence-corrected chi connectivity index (χ0v) is 25.5. The number of hydrogen-bond donors (Lipinski definition) is 2. The molecule has 220 valence electrons. The summed E-state index contributed by atoms with van der Waals surface area (Å²) in [6.45, 7) is 18.3. The van der Waals surface area contributed by atoms with Crippen molar-refractivity contribution in [3.8, 4) is 5.75 Å². The Morgan fingerprint density at radius 2 is 1.68 bits per heavy atom. The fraction of sp³-hybridized carbons (Fsp3) is 0.500. The van der Waals surface area contributed by atoms with Crippen molar-refractivity contribution in [2.24, 2.45) is 0 Å². The Kier molecular flexibility index (Phi) is 8.59. The van der Waals surface area contributed by atoms with Crippen LogP contribution in [0, 0.1) is 0 Å². The van der Waals surface area contributed by atoms with E-state index in [2.05, 4.69) is 60.3 Å². The molecule has 1 fully saturated rings. The molecule has 0 aliphatic carbocycles. The number of ether oxygens (including phenoxy) is 1. The number of nitrogens with zero attached hydrogens (tertiary/aromatic N) is 3. The summed E-state index contributed by atoms with van der Waals surface area (Å²) in [6.07, 6.45) is 3.78. The molecule has 3 heterocycles. The molecule has 0 radical (unpaired) electrons. The van der Waals surface area contributed by atoms with Crippen LogP contribution in [0.15, 0.2) is 53.2 Å². The lowest BCUT2D eigenvalue weighted by Gasteiger charge is -2.54. The third-order valence-corrected chi connectivity index (χ3v) is 7.65. The summed E-state index contributed by atoms with van der Waals surface area (Å²) in [5.74, 6) is 0.860. The van der Waals surface area contributed by atoms with Crippen LogP contribution in [0.4, 0.5) is 16.4 Å². The van der Waals surface area contributed by atoms with Crippen LogP contribution in [0.5, 0.6) is 5.75 Å². The molecule has 0 saturated carbocycles. The van der Waals surface area contributed by atoms with Crippen molar-refractivity contribution in [2.75, 3.05) is 17.2 Å². The number of hydrogen-bond acceptors (Lipinski definition) is 7.